The summed E-state index contributed by atoms with van der Waals surface area (Å²) in [6.07, 6.45) is 0. The van der Waals surface area contributed by atoms with Crippen LogP contribution in [0.3, 0.4) is 0 Å². The van der Waals surface area contributed by atoms with Crippen LogP contribution in [-0.2, 0) is 4.79 Å². The molecule has 0 saturated carbocycles. The van der Waals surface area contributed by atoms with Crippen LogP contribution in [0, 0.1) is 0 Å². The van der Waals surface area contributed by atoms with Crippen molar-refractivity contribution in [3.63, 3.8) is 0 Å². The second-order valence-electron chi connectivity index (χ2n) is 4.71. The lowest BCUT2D eigenvalue weighted by molar-refractivity contribution is -0.123. The third-order valence-corrected chi connectivity index (χ3v) is 3.50. The van der Waals surface area contributed by atoms with Gasteiger partial charge in [0.1, 0.15) is 11.5 Å². The first-order valence-electron chi connectivity index (χ1n) is 6.94. The van der Waals surface area contributed by atoms with Gasteiger partial charge < -0.3 is 9.47 Å². The summed E-state index contributed by atoms with van der Waals surface area (Å²) in [6.45, 7) is 1.70. The molecule has 0 aliphatic carbocycles. The van der Waals surface area contributed by atoms with Gasteiger partial charge in [0, 0.05) is 10.0 Å². The summed E-state index contributed by atoms with van der Waals surface area (Å²) in [5.74, 6) is 1.02. The molecule has 0 aromatic heterocycles. The van der Waals surface area contributed by atoms with Gasteiger partial charge in [0.15, 0.2) is 6.61 Å². The fourth-order valence-corrected chi connectivity index (χ4v) is 2.18. The van der Waals surface area contributed by atoms with Crippen molar-refractivity contribution in [1.29, 1.82) is 0 Å². The van der Waals surface area contributed by atoms with E-state index in [1.54, 1.807) is 19.2 Å². The van der Waals surface area contributed by atoms with Crippen molar-refractivity contribution in [3.05, 3.63) is 58.6 Å². The first kappa shape index (κ1) is 17.0. The van der Waals surface area contributed by atoms with Crippen molar-refractivity contribution in [2.75, 3.05) is 13.7 Å². The molecule has 120 valence electrons. The number of hydrogen-bond acceptors (Lipinski definition) is 4. The average Bonchev–Trinajstić information content (AvgIpc) is 2.58. The van der Waals surface area contributed by atoms with Gasteiger partial charge in [-0.15, -0.1) is 0 Å². The Bertz CT molecular complexity index is 716. The van der Waals surface area contributed by atoms with Crippen LogP contribution in [-0.4, -0.2) is 25.3 Å². The minimum absolute atomic E-state index is 0.106. The summed E-state index contributed by atoms with van der Waals surface area (Å²) >= 11 is 3.34. The average molecular weight is 377 g/mol. The minimum Gasteiger partial charge on any atom is -0.497 e. The maximum atomic E-state index is 11.8. The molecular formula is C17H17BrN2O3. The highest BCUT2D eigenvalue weighted by atomic mass is 79.9. The largest absolute Gasteiger partial charge is 0.497 e. The Labute approximate surface area is 143 Å². The monoisotopic (exact) mass is 376 g/mol. The molecule has 0 heterocycles. The van der Waals surface area contributed by atoms with E-state index in [-0.39, 0.29) is 12.5 Å². The Kier molecular flexibility index (Phi) is 6.17. The van der Waals surface area contributed by atoms with Crippen molar-refractivity contribution in [2.24, 2.45) is 5.10 Å². The first-order chi connectivity index (χ1) is 11.1. The molecular weight excluding hydrogens is 360 g/mol. The molecule has 0 saturated heterocycles. The number of amides is 1. The molecule has 0 aliphatic rings. The minimum atomic E-state index is -0.327. The molecule has 2 aromatic carbocycles. The Morgan fingerprint density at radius 2 is 1.91 bits per heavy atom. The van der Waals surface area contributed by atoms with Crippen LogP contribution in [0.15, 0.2) is 58.1 Å². The number of nitrogens with one attached hydrogen (secondary N) is 1. The quantitative estimate of drug-likeness (QED) is 0.620. The van der Waals surface area contributed by atoms with E-state index in [1.807, 2.05) is 43.3 Å². The molecule has 0 spiro atoms. The molecule has 23 heavy (non-hydrogen) atoms. The molecule has 6 heteroatoms. The number of rotatable bonds is 6. The SMILES string of the molecule is COc1cccc(C(C)=NNC(=O)COc2cccc(Br)c2)c1. The van der Waals surface area contributed by atoms with Crippen LogP contribution in [0.4, 0.5) is 0 Å². The molecule has 0 atom stereocenters. The summed E-state index contributed by atoms with van der Waals surface area (Å²) in [4.78, 5) is 11.8. The van der Waals surface area contributed by atoms with Crippen LogP contribution >= 0.6 is 15.9 Å². The highest BCUT2D eigenvalue weighted by Gasteiger charge is 2.04. The van der Waals surface area contributed by atoms with Gasteiger partial charge in [-0.1, -0.05) is 34.1 Å². The fourth-order valence-electron chi connectivity index (χ4n) is 1.80. The molecule has 1 N–H and O–H groups in total. The Balaban J connectivity index is 1.89. The topological polar surface area (TPSA) is 59.9 Å². The Hall–Kier alpha value is -2.34. The molecule has 0 fully saturated rings. The summed E-state index contributed by atoms with van der Waals surface area (Å²) in [7, 11) is 1.60. The van der Waals surface area contributed by atoms with Gasteiger partial charge in [0.05, 0.1) is 12.8 Å². The molecule has 0 aliphatic heterocycles. The zero-order chi connectivity index (χ0) is 16.7. The normalized spacial score (nSPS) is 11.0. The van der Waals surface area contributed by atoms with E-state index < -0.39 is 0 Å². The highest BCUT2D eigenvalue weighted by Crippen LogP contribution is 2.17. The van der Waals surface area contributed by atoms with Gasteiger partial charge in [0.25, 0.3) is 5.91 Å². The van der Waals surface area contributed by atoms with Crippen molar-refractivity contribution in [1.82, 2.24) is 5.43 Å². The van der Waals surface area contributed by atoms with Gasteiger partial charge >= 0.3 is 0 Å². The van der Waals surface area contributed by atoms with E-state index in [4.69, 9.17) is 9.47 Å². The summed E-state index contributed by atoms with van der Waals surface area (Å²) in [6, 6.07) is 14.7. The number of benzene rings is 2. The van der Waals surface area contributed by atoms with Gasteiger partial charge in [-0.2, -0.15) is 5.10 Å². The zero-order valence-electron chi connectivity index (χ0n) is 12.9. The van der Waals surface area contributed by atoms with Crippen molar-refractivity contribution in [2.45, 2.75) is 6.92 Å². The van der Waals surface area contributed by atoms with Crippen molar-refractivity contribution < 1.29 is 14.3 Å². The number of nitrogens with zero attached hydrogens (tertiary/aromatic N) is 1. The molecule has 2 rings (SSSR count). The second-order valence-corrected chi connectivity index (χ2v) is 5.63. The van der Waals surface area contributed by atoms with Crippen LogP contribution in [0.1, 0.15) is 12.5 Å². The third-order valence-electron chi connectivity index (χ3n) is 3.00. The molecule has 0 radical (unpaired) electrons. The summed E-state index contributed by atoms with van der Waals surface area (Å²) < 4.78 is 11.4. The van der Waals surface area contributed by atoms with Crippen molar-refractivity contribution in [3.8, 4) is 11.5 Å². The Morgan fingerprint density at radius 1 is 1.17 bits per heavy atom. The fraction of sp³-hybridized carbons (Fsp3) is 0.176. The predicted molar refractivity (Wildman–Crippen MR) is 93.0 cm³/mol. The lowest BCUT2D eigenvalue weighted by Gasteiger charge is -2.07. The maximum Gasteiger partial charge on any atom is 0.277 e. The van der Waals surface area contributed by atoms with Crippen LogP contribution in [0.25, 0.3) is 0 Å². The van der Waals surface area contributed by atoms with E-state index in [0.717, 1.165) is 15.8 Å². The lowest BCUT2D eigenvalue weighted by atomic mass is 10.1. The Morgan fingerprint density at radius 3 is 2.65 bits per heavy atom. The number of ether oxygens (including phenoxy) is 2. The highest BCUT2D eigenvalue weighted by molar-refractivity contribution is 9.10. The van der Waals surface area contributed by atoms with Gasteiger partial charge in [-0.3, -0.25) is 4.79 Å². The van der Waals surface area contributed by atoms with E-state index in [0.29, 0.717) is 11.5 Å². The number of hydrogen-bond donors (Lipinski definition) is 1. The maximum absolute atomic E-state index is 11.8. The first-order valence-corrected chi connectivity index (χ1v) is 7.73. The lowest BCUT2D eigenvalue weighted by Crippen LogP contribution is -2.25. The summed E-state index contributed by atoms with van der Waals surface area (Å²) in [5, 5.41) is 4.07. The van der Waals surface area contributed by atoms with Crippen LogP contribution in [0.2, 0.25) is 0 Å². The number of carbonyl (C=O) groups is 1. The van der Waals surface area contributed by atoms with E-state index in [9.17, 15) is 4.79 Å². The second kappa shape index (κ2) is 8.33. The smallest absolute Gasteiger partial charge is 0.277 e. The molecule has 0 unspecified atom stereocenters. The van der Waals surface area contributed by atoms with Gasteiger partial charge in [0.2, 0.25) is 0 Å². The zero-order valence-corrected chi connectivity index (χ0v) is 14.5. The van der Waals surface area contributed by atoms with E-state index in [1.165, 1.54) is 0 Å². The van der Waals surface area contributed by atoms with Crippen LogP contribution < -0.4 is 14.9 Å². The number of hydrazone groups is 1. The van der Waals surface area contributed by atoms with Crippen LogP contribution in [0.5, 0.6) is 11.5 Å². The van der Waals surface area contributed by atoms with E-state index in [2.05, 4.69) is 26.5 Å². The van der Waals surface area contributed by atoms with Gasteiger partial charge in [-0.25, -0.2) is 5.43 Å². The molecule has 5 nitrogen and oxygen atoms in total. The predicted octanol–water partition coefficient (Wildman–Crippen LogP) is 3.38. The third kappa shape index (κ3) is 5.41. The summed E-state index contributed by atoms with van der Waals surface area (Å²) in [5.41, 5.74) is 4.03. The molecule has 0 bridgehead atoms. The number of halogens is 1. The number of methoxy groups -OCH3 is 1. The number of carbonyl (C=O) groups excluding carboxylic acids is 1. The van der Waals surface area contributed by atoms with Crippen molar-refractivity contribution >= 4 is 27.5 Å². The molecule has 2 aromatic rings. The van der Waals surface area contributed by atoms with E-state index >= 15 is 0 Å². The standard InChI is InChI=1S/C17H17BrN2O3/c1-12(13-5-3-7-15(9-13)22-2)19-20-17(21)11-23-16-8-4-6-14(18)10-16/h3-10H,11H2,1-2H3,(H,20,21). The molecule has 1 amide bonds. The van der Waals surface area contributed by atoms with Gasteiger partial charge in [-0.05, 0) is 37.3 Å².